The molecule has 4 heterocycles. The van der Waals surface area contributed by atoms with E-state index in [0.717, 1.165) is 4.57 Å². The number of aryl methyl sites for hydroxylation is 2. The highest BCUT2D eigenvalue weighted by molar-refractivity contribution is 5.76. The van der Waals surface area contributed by atoms with Crippen LogP contribution in [-0.4, -0.2) is 61.6 Å². The number of carbonyl (C=O) groups excluding carboxylic acids is 1. The Morgan fingerprint density at radius 3 is 2.48 bits per heavy atom. The van der Waals surface area contributed by atoms with Crippen LogP contribution >= 0.6 is 0 Å². The Morgan fingerprint density at radius 1 is 1.15 bits per heavy atom. The highest BCUT2D eigenvalue weighted by atomic mass is 16.7. The zero-order valence-corrected chi connectivity index (χ0v) is 15.5. The van der Waals surface area contributed by atoms with Crippen LogP contribution in [0, 0.1) is 0 Å². The van der Waals surface area contributed by atoms with Crippen molar-refractivity contribution >= 4 is 17.1 Å². The number of amides is 1. The molecule has 1 spiro atoms. The van der Waals surface area contributed by atoms with Crippen molar-refractivity contribution in [3.63, 3.8) is 0 Å². The largest absolute Gasteiger partial charge is 0.347 e. The van der Waals surface area contributed by atoms with E-state index in [4.69, 9.17) is 9.47 Å². The third-order valence-electron chi connectivity index (χ3n) is 5.48. The molecule has 0 aliphatic carbocycles. The van der Waals surface area contributed by atoms with Crippen LogP contribution in [0.2, 0.25) is 0 Å². The van der Waals surface area contributed by atoms with Crippen molar-refractivity contribution in [1.82, 2.24) is 23.6 Å². The quantitative estimate of drug-likeness (QED) is 0.694. The summed E-state index contributed by atoms with van der Waals surface area (Å²) in [5.41, 5.74) is -0.176. The minimum absolute atomic E-state index is 0.0198. The Kier molecular flexibility index (Phi) is 4.39. The van der Waals surface area contributed by atoms with E-state index in [1.165, 1.54) is 17.9 Å². The molecular formula is C17H23N5O5. The molecule has 2 aromatic rings. The van der Waals surface area contributed by atoms with E-state index in [0.29, 0.717) is 56.9 Å². The first-order valence-electron chi connectivity index (χ1n) is 9.08. The maximum Gasteiger partial charge on any atom is 0.332 e. The summed E-state index contributed by atoms with van der Waals surface area (Å²) < 4.78 is 15.4. The monoisotopic (exact) mass is 377 g/mol. The van der Waals surface area contributed by atoms with Gasteiger partial charge in [0, 0.05) is 53.0 Å². The molecular weight excluding hydrogens is 354 g/mol. The first kappa shape index (κ1) is 17.9. The third kappa shape index (κ3) is 2.98. The van der Waals surface area contributed by atoms with Crippen molar-refractivity contribution in [2.75, 3.05) is 26.3 Å². The minimum Gasteiger partial charge on any atom is -0.347 e. The summed E-state index contributed by atoms with van der Waals surface area (Å²) in [5, 5.41) is 0. The zero-order chi connectivity index (χ0) is 19.2. The van der Waals surface area contributed by atoms with Crippen LogP contribution in [0.3, 0.4) is 0 Å². The fourth-order valence-electron chi connectivity index (χ4n) is 3.82. The number of hydrogen-bond donors (Lipinski definition) is 0. The Labute approximate surface area is 154 Å². The van der Waals surface area contributed by atoms with Crippen LogP contribution in [-0.2, 0) is 34.9 Å². The molecule has 27 heavy (non-hydrogen) atoms. The lowest BCUT2D eigenvalue weighted by Crippen LogP contribution is -2.47. The molecule has 10 heteroatoms. The summed E-state index contributed by atoms with van der Waals surface area (Å²) in [6, 6.07) is 0. The lowest BCUT2D eigenvalue weighted by atomic mass is 10.0. The molecule has 0 aromatic carbocycles. The van der Waals surface area contributed by atoms with Crippen LogP contribution in [0.4, 0.5) is 0 Å². The van der Waals surface area contributed by atoms with E-state index in [9.17, 15) is 14.4 Å². The number of likely N-dealkylation sites (tertiary alicyclic amines) is 1. The Morgan fingerprint density at radius 2 is 1.81 bits per heavy atom. The fraction of sp³-hybridized carbons (Fsp3) is 0.647. The van der Waals surface area contributed by atoms with Crippen molar-refractivity contribution in [3.05, 3.63) is 27.2 Å². The van der Waals surface area contributed by atoms with Gasteiger partial charge in [0.15, 0.2) is 17.0 Å². The summed E-state index contributed by atoms with van der Waals surface area (Å²) in [4.78, 5) is 43.0. The fourth-order valence-corrected chi connectivity index (χ4v) is 3.82. The summed E-state index contributed by atoms with van der Waals surface area (Å²) in [6.45, 7) is 2.75. The van der Waals surface area contributed by atoms with Crippen molar-refractivity contribution < 1.29 is 14.3 Å². The minimum atomic E-state index is -0.506. The molecule has 146 valence electrons. The molecule has 2 aromatic heterocycles. The van der Waals surface area contributed by atoms with E-state index in [1.54, 1.807) is 11.6 Å². The van der Waals surface area contributed by atoms with Gasteiger partial charge in [0.1, 0.15) is 0 Å². The predicted octanol–water partition coefficient (Wildman–Crippen LogP) is -0.811. The van der Waals surface area contributed by atoms with E-state index < -0.39 is 17.0 Å². The van der Waals surface area contributed by atoms with Gasteiger partial charge in [-0.1, -0.05) is 0 Å². The number of piperidine rings is 1. The number of nitrogens with zero attached hydrogens (tertiary/aromatic N) is 5. The SMILES string of the molecule is Cn1c(=O)c2c(ncn2CCC(=O)N2CCC3(CC2)OCCO3)n(C)c1=O. The first-order chi connectivity index (χ1) is 12.9. The van der Waals surface area contributed by atoms with Gasteiger partial charge < -0.3 is 18.9 Å². The summed E-state index contributed by atoms with van der Waals surface area (Å²) in [6.07, 6.45) is 3.11. The zero-order valence-electron chi connectivity index (χ0n) is 15.5. The highest BCUT2D eigenvalue weighted by Gasteiger charge is 2.40. The Hall–Kier alpha value is -2.46. The van der Waals surface area contributed by atoms with E-state index in [-0.39, 0.29) is 12.3 Å². The molecule has 0 N–H and O–H groups in total. The second kappa shape index (κ2) is 6.61. The molecule has 1 amide bonds. The van der Waals surface area contributed by atoms with E-state index in [2.05, 4.69) is 4.98 Å². The van der Waals surface area contributed by atoms with Crippen LogP contribution in [0.25, 0.3) is 11.2 Å². The molecule has 10 nitrogen and oxygen atoms in total. The van der Waals surface area contributed by atoms with Crippen molar-refractivity contribution in [2.45, 2.75) is 31.6 Å². The molecule has 0 saturated carbocycles. The first-order valence-corrected chi connectivity index (χ1v) is 9.08. The summed E-state index contributed by atoms with van der Waals surface area (Å²) in [5.74, 6) is -0.486. The number of ether oxygens (including phenoxy) is 2. The summed E-state index contributed by atoms with van der Waals surface area (Å²) in [7, 11) is 3.01. The second-order valence-corrected chi connectivity index (χ2v) is 7.05. The Balaban J connectivity index is 1.46. The number of rotatable bonds is 3. The van der Waals surface area contributed by atoms with Crippen LogP contribution in [0.5, 0.6) is 0 Å². The molecule has 0 unspecified atom stereocenters. The molecule has 4 rings (SSSR count). The van der Waals surface area contributed by atoms with Crippen molar-refractivity contribution in [3.8, 4) is 0 Å². The lowest BCUT2D eigenvalue weighted by molar-refractivity contribution is -0.187. The van der Waals surface area contributed by atoms with Gasteiger partial charge in [0.25, 0.3) is 5.56 Å². The number of fused-ring (bicyclic) bond motifs is 1. The molecule has 2 aliphatic rings. The van der Waals surface area contributed by atoms with Gasteiger partial charge in [-0.15, -0.1) is 0 Å². The molecule has 0 atom stereocenters. The van der Waals surface area contributed by atoms with Gasteiger partial charge in [0.2, 0.25) is 5.91 Å². The van der Waals surface area contributed by atoms with Gasteiger partial charge >= 0.3 is 5.69 Å². The van der Waals surface area contributed by atoms with Crippen LogP contribution in [0.1, 0.15) is 19.3 Å². The number of hydrogen-bond acceptors (Lipinski definition) is 6. The van der Waals surface area contributed by atoms with Crippen molar-refractivity contribution in [1.29, 1.82) is 0 Å². The average molecular weight is 377 g/mol. The normalized spacial score (nSPS) is 19.3. The van der Waals surface area contributed by atoms with Crippen LogP contribution in [0.15, 0.2) is 15.9 Å². The Bertz CT molecular complexity index is 988. The van der Waals surface area contributed by atoms with Crippen LogP contribution < -0.4 is 11.2 Å². The topological polar surface area (TPSA) is 101 Å². The van der Waals surface area contributed by atoms with Crippen molar-refractivity contribution in [2.24, 2.45) is 14.1 Å². The lowest BCUT2D eigenvalue weighted by Gasteiger charge is -2.37. The number of carbonyl (C=O) groups is 1. The maximum atomic E-state index is 12.6. The maximum absolute atomic E-state index is 12.6. The molecule has 0 radical (unpaired) electrons. The highest BCUT2D eigenvalue weighted by Crippen LogP contribution is 2.31. The van der Waals surface area contributed by atoms with E-state index in [1.807, 2.05) is 4.90 Å². The predicted molar refractivity (Wildman–Crippen MR) is 95.3 cm³/mol. The number of aromatic nitrogens is 4. The van der Waals surface area contributed by atoms with Gasteiger partial charge in [-0.3, -0.25) is 18.7 Å². The third-order valence-corrected chi connectivity index (χ3v) is 5.48. The molecule has 0 bridgehead atoms. The molecule has 2 fully saturated rings. The summed E-state index contributed by atoms with van der Waals surface area (Å²) >= 11 is 0. The number of imidazole rings is 1. The average Bonchev–Trinajstić information content (AvgIpc) is 3.31. The molecule has 2 saturated heterocycles. The van der Waals surface area contributed by atoms with E-state index >= 15 is 0 Å². The molecule has 2 aliphatic heterocycles. The van der Waals surface area contributed by atoms with Gasteiger partial charge in [0.05, 0.1) is 19.5 Å². The van der Waals surface area contributed by atoms with Gasteiger partial charge in [-0.2, -0.15) is 0 Å². The van der Waals surface area contributed by atoms with Gasteiger partial charge in [-0.25, -0.2) is 9.78 Å². The second-order valence-electron chi connectivity index (χ2n) is 7.05. The van der Waals surface area contributed by atoms with Gasteiger partial charge in [-0.05, 0) is 0 Å². The standard InChI is InChI=1S/C17H23N5O5/c1-19-14-13(15(24)20(2)16(19)25)22(11-18-14)6-3-12(23)21-7-4-17(5-8-21)26-9-10-27-17/h11H,3-10H2,1-2H3. The smallest absolute Gasteiger partial charge is 0.332 e.